The van der Waals surface area contributed by atoms with Crippen LogP contribution in [0, 0.1) is 20.8 Å². The second kappa shape index (κ2) is 12.1. The van der Waals surface area contributed by atoms with Crippen molar-refractivity contribution in [1.29, 1.82) is 0 Å². The van der Waals surface area contributed by atoms with Crippen LogP contribution in [0.25, 0.3) is 11.0 Å². The lowest BCUT2D eigenvalue weighted by Crippen LogP contribution is -2.66. The van der Waals surface area contributed by atoms with Crippen molar-refractivity contribution in [3.8, 4) is 0 Å². The van der Waals surface area contributed by atoms with Crippen molar-refractivity contribution in [2.75, 3.05) is 11.9 Å². The first-order valence-electron chi connectivity index (χ1n) is 13.0. The smallest absolute Gasteiger partial charge is 0.345 e. The molecule has 14 heteroatoms. The lowest BCUT2D eigenvalue weighted by atomic mass is 10.0. The van der Waals surface area contributed by atoms with Gasteiger partial charge >= 0.3 is 5.97 Å². The van der Waals surface area contributed by atoms with Crippen molar-refractivity contribution in [3.05, 3.63) is 53.1 Å². The number of rotatable bonds is 12. The number of carbonyl (C=O) groups is 3. The molecule has 1 aromatic heterocycles. The molecule has 5 N–H and O–H groups in total. The lowest BCUT2D eigenvalue weighted by Gasteiger charge is -2.31. The first kappa shape index (κ1) is 29.7. The predicted octanol–water partition coefficient (Wildman–Crippen LogP) is 2.64. The number of aromatic nitrogens is 2. The molecule has 1 atom stereocenters. The van der Waals surface area contributed by atoms with Crippen molar-refractivity contribution in [3.63, 3.8) is 0 Å². The number of imidazole rings is 1. The van der Waals surface area contributed by atoms with Gasteiger partial charge in [0, 0.05) is 12.8 Å². The van der Waals surface area contributed by atoms with Gasteiger partial charge in [-0.3, -0.25) is 14.9 Å². The SMILES string of the molecule is Cc1cc(C)c(S(=O)(=O)NC(CCCCC(=O)Nc2nc3ccccc3[nH]2)(NC(=O)C2=NOCC2)C(=O)O)c(C)c1. The Balaban J connectivity index is 1.51. The molecule has 4 rings (SSSR count). The van der Waals surface area contributed by atoms with Gasteiger partial charge in [0.2, 0.25) is 27.5 Å². The van der Waals surface area contributed by atoms with Crippen LogP contribution in [0.3, 0.4) is 0 Å². The van der Waals surface area contributed by atoms with Crippen LogP contribution in [0.1, 0.15) is 48.8 Å². The number of sulfonamides is 1. The number of nitrogens with one attached hydrogen (secondary N) is 4. The van der Waals surface area contributed by atoms with Crippen LogP contribution < -0.4 is 15.4 Å². The zero-order valence-electron chi connectivity index (χ0n) is 22.9. The van der Waals surface area contributed by atoms with Crippen LogP contribution in [-0.4, -0.2) is 59.3 Å². The molecule has 1 unspecified atom stereocenters. The average molecular weight is 585 g/mol. The highest BCUT2D eigenvalue weighted by atomic mass is 32.2. The number of unbranched alkanes of at least 4 members (excludes halogenated alkanes) is 1. The van der Waals surface area contributed by atoms with Crippen LogP contribution in [0.15, 0.2) is 46.4 Å². The Hall–Kier alpha value is -4.30. The summed E-state index contributed by atoms with van der Waals surface area (Å²) in [5.74, 6) is -2.56. The zero-order chi connectivity index (χ0) is 29.8. The van der Waals surface area contributed by atoms with Crippen molar-refractivity contribution in [2.45, 2.75) is 63.4 Å². The highest BCUT2D eigenvalue weighted by molar-refractivity contribution is 7.89. The molecule has 2 heterocycles. The van der Waals surface area contributed by atoms with Crippen LogP contribution in [0.5, 0.6) is 0 Å². The van der Waals surface area contributed by atoms with E-state index in [1.165, 1.54) is 0 Å². The third-order valence-electron chi connectivity index (χ3n) is 6.59. The van der Waals surface area contributed by atoms with E-state index < -0.39 is 27.6 Å². The number of aliphatic carboxylic acids is 1. The van der Waals surface area contributed by atoms with Gasteiger partial charge in [-0.05, 0) is 63.3 Å². The molecule has 41 heavy (non-hydrogen) atoms. The molecule has 2 amide bonds. The molecule has 1 aliphatic heterocycles. The number of fused-ring (bicyclic) bond motifs is 1. The van der Waals surface area contributed by atoms with Crippen LogP contribution in [0.2, 0.25) is 0 Å². The van der Waals surface area contributed by atoms with Gasteiger partial charge < -0.3 is 20.2 Å². The fourth-order valence-electron chi connectivity index (χ4n) is 4.83. The molecule has 13 nitrogen and oxygen atoms in total. The number of hydrogen-bond donors (Lipinski definition) is 5. The van der Waals surface area contributed by atoms with E-state index in [-0.39, 0.29) is 61.2 Å². The van der Waals surface area contributed by atoms with Gasteiger partial charge in [0.25, 0.3) is 5.91 Å². The van der Waals surface area contributed by atoms with Crippen LogP contribution >= 0.6 is 0 Å². The number of oxime groups is 1. The molecule has 0 aliphatic carbocycles. The molecule has 3 aromatic rings. The summed E-state index contributed by atoms with van der Waals surface area (Å²) < 4.78 is 29.4. The number of benzene rings is 2. The van der Waals surface area contributed by atoms with Crippen molar-refractivity contribution in [1.82, 2.24) is 20.0 Å². The van der Waals surface area contributed by atoms with E-state index in [0.717, 1.165) is 11.1 Å². The van der Waals surface area contributed by atoms with Crippen molar-refractivity contribution < 1.29 is 32.7 Å². The summed E-state index contributed by atoms with van der Waals surface area (Å²) in [6.45, 7) is 5.19. The second-order valence-corrected chi connectivity index (χ2v) is 11.6. The maximum Gasteiger partial charge on any atom is 0.345 e. The first-order chi connectivity index (χ1) is 19.4. The second-order valence-electron chi connectivity index (χ2n) is 9.98. The van der Waals surface area contributed by atoms with E-state index in [0.29, 0.717) is 16.6 Å². The minimum absolute atomic E-state index is 0.00413. The number of para-hydroxylation sites is 2. The van der Waals surface area contributed by atoms with Crippen LogP contribution in [-0.2, 0) is 29.2 Å². The van der Waals surface area contributed by atoms with Gasteiger partial charge in [0.15, 0.2) is 0 Å². The lowest BCUT2D eigenvalue weighted by molar-refractivity contribution is -0.148. The number of H-pyrrole nitrogens is 1. The summed E-state index contributed by atoms with van der Waals surface area (Å²) in [6, 6.07) is 10.6. The number of aryl methyl sites for hydroxylation is 3. The minimum Gasteiger partial charge on any atom is -0.478 e. The van der Waals surface area contributed by atoms with Crippen molar-refractivity contribution in [2.24, 2.45) is 5.16 Å². The summed E-state index contributed by atoms with van der Waals surface area (Å²) in [5, 5.41) is 18.9. The molecular weight excluding hydrogens is 552 g/mol. The normalized spacial score (nSPS) is 14.7. The van der Waals surface area contributed by atoms with E-state index in [2.05, 4.69) is 30.5 Å². The Labute approximate surface area is 236 Å². The third kappa shape index (κ3) is 6.89. The number of carboxylic acid groups (broad SMARTS) is 1. The monoisotopic (exact) mass is 584 g/mol. The van der Waals surface area contributed by atoms with Crippen molar-refractivity contribution >= 4 is 50.5 Å². The maximum atomic E-state index is 13.6. The number of carboxylic acids is 1. The summed E-state index contributed by atoms with van der Waals surface area (Å²) >= 11 is 0. The quantitative estimate of drug-likeness (QED) is 0.158. The minimum atomic E-state index is -4.43. The number of aromatic amines is 1. The maximum absolute atomic E-state index is 13.6. The average Bonchev–Trinajstić information content (AvgIpc) is 3.55. The van der Waals surface area contributed by atoms with E-state index in [9.17, 15) is 27.9 Å². The Bertz CT molecular complexity index is 1580. The van der Waals surface area contributed by atoms with Gasteiger partial charge in [0.1, 0.15) is 12.3 Å². The number of hydrogen-bond acceptors (Lipinski definition) is 8. The highest BCUT2D eigenvalue weighted by Gasteiger charge is 2.45. The van der Waals surface area contributed by atoms with Gasteiger partial charge in [-0.15, -0.1) is 0 Å². The van der Waals surface area contributed by atoms with Gasteiger partial charge in [-0.1, -0.05) is 35.0 Å². The molecule has 0 radical (unpaired) electrons. The summed E-state index contributed by atoms with van der Waals surface area (Å²) in [6.07, 6.45) is 0.0860. The van der Waals surface area contributed by atoms with Gasteiger partial charge in [0.05, 0.1) is 15.9 Å². The molecule has 0 saturated carbocycles. The van der Waals surface area contributed by atoms with Gasteiger partial charge in [-0.25, -0.2) is 18.2 Å². The number of amides is 2. The highest BCUT2D eigenvalue weighted by Crippen LogP contribution is 2.25. The predicted molar refractivity (Wildman–Crippen MR) is 151 cm³/mol. The van der Waals surface area contributed by atoms with Gasteiger partial charge in [-0.2, -0.15) is 4.72 Å². The Morgan fingerprint density at radius 2 is 1.80 bits per heavy atom. The number of carbonyl (C=O) groups excluding carboxylic acids is 2. The fourth-order valence-corrected chi connectivity index (χ4v) is 6.60. The first-order valence-corrected chi connectivity index (χ1v) is 14.5. The molecular formula is C27H32N6O7S. The Morgan fingerprint density at radius 3 is 2.44 bits per heavy atom. The molecule has 0 saturated heterocycles. The molecule has 2 aromatic carbocycles. The molecule has 1 aliphatic rings. The topological polar surface area (TPSA) is 192 Å². The number of anilines is 1. The largest absolute Gasteiger partial charge is 0.478 e. The molecule has 218 valence electrons. The zero-order valence-corrected chi connectivity index (χ0v) is 23.7. The fraction of sp³-hybridized carbons (Fsp3) is 0.370. The van der Waals surface area contributed by atoms with Crippen LogP contribution in [0.4, 0.5) is 5.95 Å². The molecule has 0 bridgehead atoms. The Kier molecular flexibility index (Phi) is 8.73. The van der Waals surface area contributed by atoms with E-state index in [1.54, 1.807) is 32.0 Å². The van der Waals surface area contributed by atoms with E-state index in [1.807, 2.05) is 25.1 Å². The standard InChI is InChI=1S/C27H32N6O7S/c1-16-14-17(2)23(18(3)15-16)41(38,39)33-27(25(36)37,31-24(35)21-11-13-40-32-21)12-7-6-10-22(34)30-26-28-19-8-4-5-9-20(19)29-26/h4-5,8-9,14-15,33H,6-7,10-13H2,1-3H3,(H,31,35)(H,36,37)(H2,28,29,30,34). The summed E-state index contributed by atoms with van der Waals surface area (Å²) in [4.78, 5) is 50.1. The molecule has 0 spiro atoms. The molecule has 0 fully saturated rings. The third-order valence-corrected chi connectivity index (χ3v) is 8.39. The van der Waals surface area contributed by atoms with E-state index in [4.69, 9.17) is 4.84 Å². The van der Waals surface area contributed by atoms with E-state index >= 15 is 0 Å². The Morgan fingerprint density at radius 1 is 1.10 bits per heavy atom. The number of nitrogens with zero attached hydrogens (tertiary/aromatic N) is 2. The summed E-state index contributed by atoms with van der Waals surface area (Å²) in [5.41, 5.74) is 0.675. The summed E-state index contributed by atoms with van der Waals surface area (Å²) in [7, 11) is -4.43.